The lowest BCUT2D eigenvalue weighted by atomic mass is 9.98. The highest BCUT2D eigenvalue weighted by Crippen LogP contribution is 2.29. The van der Waals surface area contributed by atoms with Gasteiger partial charge in [-0.2, -0.15) is 0 Å². The monoisotopic (exact) mass is 349 g/mol. The van der Waals surface area contributed by atoms with E-state index in [2.05, 4.69) is 51.9 Å². The molecular formula is C21H23N3O2. The van der Waals surface area contributed by atoms with Gasteiger partial charge in [0.1, 0.15) is 0 Å². The van der Waals surface area contributed by atoms with Gasteiger partial charge >= 0.3 is 0 Å². The van der Waals surface area contributed by atoms with Gasteiger partial charge < -0.3 is 15.5 Å². The van der Waals surface area contributed by atoms with E-state index in [1.807, 2.05) is 12.1 Å². The number of anilines is 2. The number of carbonyl (C=O) groups is 2. The topological polar surface area (TPSA) is 61.4 Å². The molecule has 2 aromatic carbocycles. The molecule has 4 rings (SSSR count). The second kappa shape index (κ2) is 7.20. The Labute approximate surface area is 153 Å². The standard InChI is InChI=1S/C21H23N3O2/c25-20-10-7-17(13-22-20)21(26)23-18-8-5-15(6-9-18)14-24-12-11-16-3-1-2-4-19(16)24/h1-6,8-9,17H,7,10-14H2,(H,22,25)(H,23,26)/t17-/m1/s1. The average molecular weight is 349 g/mol. The Morgan fingerprint density at radius 2 is 1.92 bits per heavy atom. The number of rotatable bonds is 4. The third kappa shape index (κ3) is 3.57. The number of piperidine rings is 1. The van der Waals surface area contributed by atoms with Gasteiger partial charge in [0.15, 0.2) is 0 Å². The summed E-state index contributed by atoms with van der Waals surface area (Å²) < 4.78 is 0. The van der Waals surface area contributed by atoms with Crippen LogP contribution in [0.15, 0.2) is 48.5 Å². The first kappa shape index (κ1) is 16.6. The highest BCUT2D eigenvalue weighted by atomic mass is 16.2. The largest absolute Gasteiger partial charge is 0.367 e. The van der Waals surface area contributed by atoms with Gasteiger partial charge in [-0.15, -0.1) is 0 Å². The summed E-state index contributed by atoms with van der Waals surface area (Å²) in [6.07, 6.45) is 2.14. The van der Waals surface area contributed by atoms with Crippen molar-refractivity contribution in [2.45, 2.75) is 25.8 Å². The molecule has 0 bridgehead atoms. The molecule has 1 fully saturated rings. The summed E-state index contributed by atoms with van der Waals surface area (Å²) in [5.74, 6) is -0.137. The Morgan fingerprint density at radius 1 is 1.12 bits per heavy atom. The first-order valence-electron chi connectivity index (χ1n) is 9.18. The van der Waals surface area contributed by atoms with Gasteiger partial charge in [-0.1, -0.05) is 30.3 Å². The molecule has 5 nitrogen and oxygen atoms in total. The summed E-state index contributed by atoms with van der Waals surface area (Å²) in [5, 5.41) is 5.71. The van der Waals surface area contributed by atoms with Gasteiger partial charge in [0.25, 0.3) is 0 Å². The van der Waals surface area contributed by atoms with Crippen molar-refractivity contribution in [1.82, 2.24) is 5.32 Å². The third-order valence-electron chi connectivity index (χ3n) is 5.21. The minimum Gasteiger partial charge on any atom is -0.367 e. The van der Waals surface area contributed by atoms with Crippen LogP contribution in [0.5, 0.6) is 0 Å². The first-order chi connectivity index (χ1) is 12.7. The van der Waals surface area contributed by atoms with Gasteiger partial charge in [-0.05, 0) is 42.2 Å². The van der Waals surface area contributed by atoms with Crippen LogP contribution in [0.25, 0.3) is 0 Å². The number of nitrogens with zero attached hydrogens (tertiary/aromatic N) is 1. The summed E-state index contributed by atoms with van der Waals surface area (Å²) in [4.78, 5) is 25.9. The molecule has 1 atom stereocenters. The van der Waals surface area contributed by atoms with E-state index < -0.39 is 0 Å². The normalized spacial score (nSPS) is 19.0. The molecule has 0 saturated carbocycles. The van der Waals surface area contributed by atoms with Gasteiger partial charge in [0.05, 0.1) is 5.92 Å². The molecule has 1 saturated heterocycles. The summed E-state index contributed by atoms with van der Waals surface area (Å²) >= 11 is 0. The van der Waals surface area contributed by atoms with E-state index in [1.165, 1.54) is 16.8 Å². The maximum Gasteiger partial charge on any atom is 0.229 e. The van der Waals surface area contributed by atoms with Crippen LogP contribution in [0, 0.1) is 5.92 Å². The van der Waals surface area contributed by atoms with E-state index >= 15 is 0 Å². The third-order valence-corrected chi connectivity index (χ3v) is 5.21. The number of benzene rings is 2. The molecule has 134 valence electrons. The highest BCUT2D eigenvalue weighted by molar-refractivity contribution is 5.94. The maximum absolute atomic E-state index is 12.3. The van der Waals surface area contributed by atoms with Crippen LogP contribution in [0.3, 0.4) is 0 Å². The van der Waals surface area contributed by atoms with Crippen molar-refractivity contribution in [2.75, 3.05) is 23.3 Å². The highest BCUT2D eigenvalue weighted by Gasteiger charge is 2.24. The molecule has 0 unspecified atom stereocenters. The molecule has 26 heavy (non-hydrogen) atoms. The maximum atomic E-state index is 12.3. The fourth-order valence-electron chi connectivity index (χ4n) is 3.69. The van der Waals surface area contributed by atoms with Gasteiger partial charge in [0, 0.05) is 37.4 Å². The van der Waals surface area contributed by atoms with Crippen LogP contribution in [0.4, 0.5) is 11.4 Å². The molecule has 0 aromatic heterocycles. The van der Waals surface area contributed by atoms with Crippen LogP contribution in [-0.2, 0) is 22.6 Å². The lowest BCUT2D eigenvalue weighted by Gasteiger charge is -2.22. The van der Waals surface area contributed by atoms with Crippen LogP contribution in [0.1, 0.15) is 24.0 Å². The molecule has 2 aromatic rings. The van der Waals surface area contributed by atoms with Crippen LogP contribution < -0.4 is 15.5 Å². The van der Waals surface area contributed by atoms with Crippen molar-refractivity contribution in [1.29, 1.82) is 0 Å². The van der Waals surface area contributed by atoms with Crippen molar-refractivity contribution in [3.05, 3.63) is 59.7 Å². The summed E-state index contributed by atoms with van der Waals surface area (Å²) in [6, 6.07) is 16.6. The molecule has 2 aliphatic heterocycles. The predicted octanol–water partition coefficient (Wildman–Crippen LogP) is 2.71. The lowest BCUT2D eigenvalue weighted by molar-refractivity contribution is -0.126. The van der Waals surface area contributed by atoms with E-state index in [1.54, 1.807) is 0 Å². The summed E-state index contributed by atoms with van der Waals surface area (Å²) in [5.41, 5.74) is 4.77. The van der Waals surface area contributed by atoms with Crippen molar-refractivity contribution >= 4 is 23.2 Å². The molecule has 2 amide bonds. The van der Waals surface area contributed by atoms with E-state index in [-0.39, 0.29) is 17.7 Å². The quantitative estimate of drug-likeness (QED) is 0.892. The van der Waals surface area contributed by atoms with Gasteiger partial charge in [-0.25, -0.2) is 0 Å². The zero-order valence-electron chi connectivity index (χ0n) is 14.7. The zero-order valence-corrected chi connectivity index (χ0v) is 14.7. The number of para-hydroxylation sites is 1. The number of amides is 2. The average Bonchev–Trinajstić information content (AvgIpc) is 3.07. The molecule has 0 radical (unpaired) electrons. The smallest absolute Gasteiger partial charge is 0.229 e. The molecule has 2 heterocycles. The summed E-state index contributed by atoms with van der Waals surface area (Å²) in [6.45, 7) is 2.35. The zero-order chi connectivity index (χ0) is 17.9. The number of fused-ring (bicyclic) bond motifs is 1. The molecule has 0 spiro atoms. The second-order valence-corrected chi connectivity index (χ2v) is 7.03. The minimum atomic E-state index is -0.145. The predicted molar refractivity (Wildman–Crippen MR) is 102 cm³/mol. The van der Waals surface area contributed by atoms with E-state index in [0.717, 1.165) is 25.2 Å². The van der Waals surface area contributed by atoms with E-state index in [9.17, 15) is 9.59 Å². The Bertz CT molecular complexity index is 806. The Hall–Kier alpha value is -2.82. The first-order valence-corrected chi connectivity index (χ1v) is 9.18. The Balaban J connectivity index is 1.35. The molecular weight excluding hydrogens is 326 g/mol. The summed E-state index contributed by atoms with van der Waals surface area (Å²) in [7, 11) is 0. The fraction of sp³-hybridized carbons (Fsp3) is 0.333. The molecule has 0 aliphatic carbocycles. The number of hydrogen-bond donors (Lipinski definition) is 2. The van der Waals surface area contributed by atoms with Crippen molar-refractivity contribution < 1.29 is 9.59 Å². The van der Waals surface area contributed by atoms with Crippen molar-refractivity contribution in [2.24, 2.45) is 5.92 Å². The SMILES string of the molecule is O=C1CC[C@@H](C(=O)Nc2ccc(CN3CCc4ccccc43)cc2)CN1. The van der Waals surface area contributed by atoms with Crippen molar-refractivity contribution in [3.63, 3.8) is 0 Å². The molecule has 2 N–H and O–H groups in total. The van der Waals surface area contributed by atoms with Crippen LogP contribution in [-0.4, -0.2) is 24.9 Å². The van der Waals surface area contributed by atoms with Crippen molar-refractivity contribution in [3.8, 4) is 0 Å². The van der Waals surface area contributed by atoms with Crippen LogP contribution in [0.2, 0.25) is 0 Å². The van der Waals surface area contributed by atoms with Crippen LogP contribution >= 0.6 is 0 Å². The van der Waals surface area contributed by atoms with Gasteiger partial charge in [-0.3, -0.25) is 9.59 Å². The number of nitrogens with one attached hydrogen (secondary N) is 2. The second-order valence-electron chi connectivity index (χ2n) is 7.03. The van der Waals surface area contributed by atoms with Gasteiger partial charge in [0.2, 0.25) is 11.8 Å². The Morgan fingerprint density at radius 3 is 2.69 bits per heavy atom. The minimum absolute atomic E-state index is 0.0220. The fourth-order valence-corrected chi connectivity index (χ4v) is 3.69. The number of carbonyl (C=O) groups excluding carboxylic acids is 2. The van der Waals surface area contributed by atoms with E-state index in [0.29, 0.717) is 19.4 Å². The Kier molecular flexibility index (Phi) is 4.61. The molecule has 5 heteroatoms. The number of hydrogen-bond acceptors (Lipinski definition) is 3. The molecule has 2 aliphatic rings. The lowest BCUT2D eigenvalue weighted by Crippen LogP contribution is -2.40. The van der Waals surface area contributed by atoms with E-state index in [4.69, 9.17) is 0 Å².